The molecule has 5 nitrogen and oxygen atoms in total. The third-order valence-corrected chi connectivity index (χ3v) is 4.36. The van der Waals surface area contributed by atoms with Gasteiger partial charge in [0.2, 0.25) is 0 Å². The third-order valence-electron chi connectivity index (χ3n) is 3.31. The van der Waals surface area contributed by atoms with Crippen LogP contribution in [0, 0.1) is 18.3 Å². The molecule has 0 aliphatic carbocycles. The van der Waals surface area contributed by atoms with Gasteiger partial charge in [0.25, 0.3) is 0 Å². The Morgan fingerprint density at radius 2 is 2.22 bits per heavy atom. The smallest absolute Gasteiger partial charge is 0.336 e. The molecule has 3 rings (SSSR count). The van der Waals surface area contributed by atoms with Gasteiger partial charge in [-0.3, -0.25) is 0 Å². The monoisotopic (exact) mass is 324 g/mol. The molecular formula is C17H12N2O3S. The van der Waals surface area contributed by atoms with E-state index in [1.165, 1.54) is 17.8 Å². The number of pyridine rings is 1. The van der Waals surface area contributed by atoms with Crippen LogP contribution in [0.1, 0.15) is 16.7 Å². The molecule has 114 valence electrons. The fourth-order valence-corrected chi connectivity index (χ4v) is 3.27. The molecule has 0 atom stereocenters. The molecule has 1 aromatic carbocycles. The van der Waals surface area contributed by atoms with Crippen LogP contribution >= 0.6 is 11.8 Å². The molecule has 6 heteroatoms. The molecule has 2 aromatic heterocycles. The zero-order valence-corrected chi connectivity index (χ0v) is 13.1. The van der Waals surface area contributed by atoms with Gasteiger partial charge in [0.1, 0.15) is 22.4 Å². The number of fused-ring (bicyclic) bond motifs is 1. The maximum atomic E-state index is 11.7. The van der Waals surface area contributed by atoms with E-state index in [-0.39, 0.29) is 5.75 Å². The SMILES string of the molecule is Cc1cc(O)c2c(CSc3ncccc3C#N)cc(=O)oc2c1. The molecule has 1 N–H and O–H groups in total. The summed E-state index contributed by atoms with van der Waals surface area (Å²) in [6, 6.07) is 10.2. The molecule has 0 aliphatic rings. The Morgan fingerprint density at radius 1 is 1.39 bits per heavy atom. The Balaban J connectivity index is 2.04. The molecule has 0 saturated heterocycles. The Hall–Kier alpha value is -2.78. The summed E-state index contributed by atoms with van der Waals surface area (Å²) >= 11 is 1.34. The lowest BCUT2D eigenvalue weighted by atomic mass is 10.1. The van der Waals surface area contributed by atoms with Crippen molar-refractivity contribution in [3.8, 4) is 11.8 Å². The van der Waals surface area contributed by atoms with Gasteiger partial charge in [0.05, 0.1) is 10.9 Å². The Labute approximate surface area is 136 Å². The Bertz CT molecular complexity index is 989. The van der Waals surface area contributed by atoms with E-state index in [0.717, 1.165) is 5.56 Å². The van der Waals surface area contributed by atoms with Crippen LogP contribution in [0.3, 0.4) is 0 Å². The highest BCUT2D eigenvalue weighted by atomic mass is 32.2. The van der Waals surface area contributed by atoms with Crippen LogP contribution in [-0.4, -0.2) is 10.1 Å². The highest BCUT2D eigenvalue weighted by molar-refractivity contribution is 7.98. The number of nitrogens with zero attached hydrogens (tertiary/aromatic N) is 2. The van der Waals surface area contributed by atoms with Gasteiger partial charge in [-0.15, -0.1) is 11.8 Å². The van der Waals surface area contributed by atoms with Gasteiger partial charge in [-0.25, -0.2) is 9.78 Å². The molecule has 0 fully saturated rings. The number of hydrogen-bond donors (Lipinski definition) is 1. The second-order valence-electron chi connectivity index (χ2n) is 5.00. The van der Waals surface area contributed by atoms with E-state index in [2.05, 4.69) is 11.1 Å². The molecule has 0 radical (unpaired) electrons. The fourth-order valence-electron chi connectivity index (χ4n) is 2.34. The lowest BCUT2D eigenvalue weighted by molar-refractivity contribution is 0.478. The maximum Gasteiger partial charge on any atom is 0.336 e. The number of benzene rings is 1. The number of thioether (sulfide) groups is 1. The quantitative estimate of drug-likeness (QED) is 0.587. The lowest BCUT2D eigenvalue weighted by Crippen LogP contribution is -2.00. The standard InChI is InChI=1S/C17H12N2O3S/c1-10-5-13(20)16-12(7-15(21)22-14(16)6-10)9-23-17-11(8-18)3-2-4-19-17/h2-7,20H,9H2,1H3. The van der Waals surface area contributed by atoms with Crippen LogP contribution < -0.4 is 5.63 Å². The van der Waals surface area contributed by atoms with E-state index in [1.807, 2.05) is 6.92 Å². The summed E-state index contributed by atoms with van der Waals surface area (Å²) in [5.74, 6) is 0.464. The first-order chi connectivity index (χ1) is 11.1. The fraction of sp³-hybridized carbons (Fsp3) is 0.118. The summed E-state index contributed by atoms with van der Waals surface area (Å²) in [6.07, 6.45) is 1.61. The molecule has 0 aliphatic heterocycles. The van der Waals surface area contributed by atoms with Gasteiger partial charge in [0, 0.05) is 18.0 Å². The summed E-state index contributed by atoms with van der Waals surface area (Å²) in [4.78, 5) is 15.9. The summed E-state index contributed by atoms with van der Waals surface area (Å²) in [5.41, 5.74) is 1.81. The van der Waals surface area contributed by atoms with Crippen LogP contribution in [0.15, 0.2) is 50.8 Å². The molecule has 0 saturated carbocycles. The molecule has 0 spiro atoms. The van der Waals surface area contributed by atoms with E-state index < -0.39 is 5.63 Å². The van der Waals surface area contributed by atoms with Gasteiger partial charge in [0.15, 0.2) is 0 Å². The molecule has 23 heavy (non-hydrogen) atoms. The highest BCUT2D eigenvalue weighted by Crippen LogP contribution is 2.32. The van der Waals surface area contributed by atoms with Crippen LogP contribution in [0.25, 0.3) is 11.0 Å². The van der Waals surface area contributed by atoms with Gasteiger partial charge in [-0.1, -0.05) is 0 Å². The van der Waals surface area contributed by atoms with Crippen molar-refractivity contribution in [2.24, 2.45) is 0 Å². The van der Waals surface area contributed by atoms with Crippen molar-refractivity contribution in [3.63, 3.8) is 0 Å². The predicted octanol–water partition coefficient (Wildman–Crippen LogP) is 3.37. The summed E-state index contributed by atoms with van der Waals surface area (Å²) in [5, 5.41) is 20.4. The number of aryl methyl sites for hydroxylation is 1. The number of aromatic hydroxyl groups is 1. The van der Waals surface area contributed by atoms with Crippen molar-refractivity contribution in [3.05, 3.63) is 63.6 Å². The normalized spacial score (nSPS) is 10.6. The van der Waals surface area contributed by atoms with Gasteiger partial charge in [-0.05, 0) is 42.3 Å². The average Bonchev–Trinajstić information content (AvgIpc) is 2.51. The number of phenolic OH excluding ortho intramolecular Hbond substituents is 1. The minimum atomic E-state index is -0.473. The second-order valence-corrected chi connectivity index (χ2v) is 5.97. The topological polar surface area (TPSA) is 87.1 Å². The van der Waals surface area contributed by atoms with Crippen molar-refractivity contribution < 1.29 is 9.52 Å². The van der Waals surface area contributed by atoms with Crippen molar-refractivity contribution in [2.75, 3.05) is 0 Å². The van der Waals surface area contributed by atoms with Gasteiger partial charge in [-0.2, -0.15) is 5.26 Å². The number of aromatic nitrogens is 1. The van der Waals surface area contributed by atoms with Crippen molar-refractivity contribution >= 4 is 22.7 Å². The first kappa shape index (κ1) is 15.1. The van der Waals surface area contributed by atoms with Crippen molar-refractivity contribution in [1.29, 1.82) is 5.26 Å². The van der Waals surface area contributed by atoms with E-state index >= 15 is 0 Å². The number of rotatable bonds is 3. The van der Waals surface area contributed by atoms with Crippen LogP contribution in [0.4, 0.5) is 0 Å². The molecular weight excluding hydrogens is 312 g/mol. The predicted molar refractivity (Wildman–Crippen MR) is 87.4 cm³/mol. The van der Waals surface area contributed by atoms with E-state index in [4.69, 9.17) is 9.68 Å². The molecule has 0 bridgehead atoms. The molecule has 3 aromatic rings. The first-order valence-electron chi connectivity index (χ1n) is 6.83. The lowest BCUT2D eigenvalue weighted by Gasteiger charge is -2.08. The van der Waals surface area contributed by atoms with Crippen molar-refractivity contribution in [1.82, 2.24) is 4.98 Å². The summed E-state index contributed by atoms with van der Waals surface area (Å²) < 4.78 is 5.17. The molecule has 0 unspecified atom stereocenters. The van der Waals surface area contributed by atoms with Gasteiger partial charge < -0.3 is 9.52 Å². The molecule has 2 heterocycles. The summed E-state index contributed by atoms with van der Waals surface area (Å²) in [7, 11) is 0. The zero-order chi connectivity index (χ0) is 16.4. The Kier molecular flexibility index (Phi) is 4.04. The van der Waals surface area contributed by atoms with E-state index in [0.29, 0.717) is 32.9 Å². The van der Waals surface area contributed by atoms with Crippen LogP contribution in [-0.2, 0) is 5.75 Å². The largest absolute Gasteiger partial charge is 0.507 e. The zero-order valence-electron chi connectivity index (χ0n) is 12.2. The maximum absolute atomic E-state index is 11.7. The number of hydrogen-bond acceptors (Lipinski definition) is 6. The Morgan fingerprint density at radius 3 is 3.00 bits per heavy atom. The van der Waals surface area contributed by atoms with Crippen molar-refractivity contribution in [2.45, 2.75) is 17.7 Å². The number of phenols is 1. The second kappa shape index (κ2) is 6.15. The number of nitriles is 1. The van der Waals surface area contributed by atoms with E-state index in [9.17, 15) is 9.90 Å². The minimum Gasteiger partial charge on any atom is -0.507 e. The first-order valence-corrected chi connectivity index (χ1v) is 7.81. The minimum absolute atomic E-state index is 0.0703. The van der Waals surface area contributed by atoms with Crippen LogP contribution in [0.5, 0.6) is 5.75 Å². The highest BCUT2D eigenvalue weighted by Gasteiger charge is 2.12. The van der Waals surface area contributed by atoms with E-state index in [1.54, 1.807) is 30.5 Å². The molecule has 0 amide bonds. The average molecular weight is 324 g/mol. The third kappa shape index (κ3) is 3.05. The van der Waals surface area contributed by atoms with Crippen LogP contribution in [0.2, 0.25) is 0 Å². The van der Waals surface area contributed by atoms with Gasteiger partial charge >= 0.3 is 5.63 Å². The summed E-state index contributed by atoms with van der Waals surface area (Å²) in [6.45, 7) is 1.81.